The van der Waals surface area contributed by atoms with Crippen molar-refractivity contribution in [2.24, 2.45) is 0 Å². The van der Waals surface area contributed by atoms with Gasteiger partial charge in [0, 0.05) is 14.1 Å². The van der Waals surface area contributed by atoms with E-state index in [1.54, 1.807) is 26.2 Å². The van der Waals surface area contributed by atoms with E-state index in [2.05, 4.69) is 22.5 Å². The van der Waals surface area contributed by atoms with Crippen molar-refractivity contribution in [2.45, 2.75) is 13.0 Å². The van der Waals surface area contributed by atoms with E-state index in [1.165, 1.54) is 9.80 Å². The van der Waals surface area contributed by atoms with Gasteiger partial charge in [-0.2, -0.15) is 0 Å². The van der Waals surface area contributed by atoms with E-state index in [-0.39, 0.29) is 10.7 Å². The molecule has 3 rings (SSSR count). The Bertz CT molecular complexity index is 1020. The van der Waals surface area contributed by atoms with Gasteiger partial charge < -0.3 is 4.74 Å². The fourth-order valence-corrected chi connectivity index (χ4v) is 3.90. The van der Waals surface area contributed by atoms with Crippen molar-refractivity contribution in [1.29, 1.82) is 0 Å². The highest BCUT2D eigenvalue weighted by molar-refractivity contribution is 9.10. The van der Waals surface area contributed by atoms with Crippen LogP contribution in [0, 0.1) is 0 Å². The molecule has 2 aromatic carbocycles. The molecule has 0 atom stereocenters. The first-order chi connectivity index (χ1) is 14.3. The van der Waals surface area contributed by atoms with Gasteiger partial charge in [0.15, 0.2) is 5.11 Å². The molecule has 0 radical (unpaired) electrons. The number of carbonyl (C=O) groups excluding carboxylic acids is 2. The van der Waals surface area contributed by atoms with Crippen molar-refractivity contribution < 1.29 is 14.3 Å². The Balaban J connectivity index is 1.95. The number of thiocarbonyl (C=S) groups is 1. The Labute approximate surface area is 189 Å². The van der Waals surface area contributed by atoms with Gasteiger partial charge in [-0.05, 0) is 69.5 Å². The number of ether oxygens (including phenoxy) is 1. The molecule has 5 nitrogen and oxygen atoms in total. The molecular formula is C23H21BrN2O3S. The number of rotatable bonds is 6. The van der Waals surface area contributed by atoms with Crippen LogP contribution in [0.5, 0.6) is 5.75 Å². The number of allylic oxidation sites excluding steroid dienone is 1. The minimum absolute atomic E-state index is 0.0583. The van der Waals surface area contributed by atoms with Gasteiger partial charge in [0.05, 0.1) is 4.47 Å². The molecule has 1 aliphatic heterocycles. The van der Waals surface area contributed by atoms with Gasteiger partial charge in [-0.15, -0.1) is 6.58 Å². The maximum atomic E-state index is 12.6. The molecule has 1 fully saturated rings. The summed E-state index contributed by atoms with van der Waals surface area (Å²) in [5.74, 6) is -0.139. The summed E-state index contributed by atoms with van der Waals surface area (Å²) in [4.78, 5) is 27.8. The second kappa shape index (κ2) is 9.36. The standard InChI is InChI=1S/C23H21BrN2O3S/c1-4-8-17-11-16(12-18-21(27)25(2)23(30)26(3)22(18)28)13-19(24)20(17)29-14-15-9-6-5-7-10-15/h4-7,9-13H,1,8,14H2,2-3H3. The van der Waals surface area contributed by atoms with E-state index in [0.717, 1.165) is 15.6 Å². The molecule has 0 aliphatic carbocycles. The zero-order chi connectivity index (χ0) is 21.8. The first kappa shape index (κ1) is 21.9. The first-order valence-electron chi connectivity index (χ1n) is 9.25. The van der Waals surface area contributed by atoms with Crippen LogP contribution in [0.1, 0.15) is 16.7 Å². The third-order valence-corrected chi connectivity index (χ3v) is 5.82. The maximum absolute atomic E-state index is 12.6. The van der Waals surface area contributed by atoms with E-state index in [4.69, 9.17) is 17.0 Å². The lowest BCUT2D eigenvalue weighted by molar-refractivity contribution is -0.132. The van der Waals surface area contributed by atoms with Crippen molar-refractivity contribution in [1.82, 2.24) is 9.80 Å². The number of hydrogen-bond acceptors (Lipinski definition) is 4. The molecule has 7 heteroatoms. The van der Waals surface area contributed by atoms with Gasteiger partial charge in [0.2, 0.25) is 0 Å². The van der Waals surface area contributed by atoms with Crippen molar-refractivity contribution in [2.75, 3.05) is 14.1 Å². The lowest BCUT2D eigenvalue weighted by Gasteiger charge is -2.31. The fourth-order valence-electron chi connectivity index (χ4n) is 3.10. The van der Waals surface area contributed by atoms with Crippen molar-refractivity contribution in [3.63, 3.8) is 0 Å². The first-order valence-corrected chi connectivity index (χ1v) is 10.5. The Morgan fingerprint density at radius 1 is 1.10 bits per heavy atom. The predicted octanol–water partition coefficient (Wildman–Crippen LogP) is 4.36. The summed E-state index contributed by atoms with van der Waals surface area (Å²) in [7, 11) is 3.11. The largest absolute Gasteiger partial charge is 0.487 e. The summed E-state index contributed by atoms with van der Waals surface area (Å²) in [6, 6.07) is 13.6. The van der Waals surface area contributed by atoms with Crippen LogP contribution in [-0.4, -0.2) is 40.8 Å². The molecule has 1 aliphatic rings. The topological polar surface area (TPSA) is 49.9 Å². The van der Waals surface area contributed by atoms with Crippen LogP contribution in [0.25, 0.3) is 6.08 Å². The molecular weight excluding hydrogens is 464 g/mol. The summed E-state index contributed by atoms with van der Waals surface area (Å²) in [6.07, 6.45) is 3.94. The molecule has 154 valence electrons. The molecule has 1 heterocycles. The number of likely N-dealkylation sites (N-methyl/N-ethyl adjacent to an activating group) is 2. The molecule has 0 spiro atoms. The SMILES string of the molecule is C=CCc1cc(C=C2C(=O)N(C)C(=S)N(C)C2=O)cc(Br)c1OCc1ccccc1. The Hall–Kier alpha value is -2.77. The quantitative estimate of drug-likeness (QED) is 0.264. The van der Waals surface area contributed by atoms with Crippen LogP contribution in [-0.2, 0) is 22.6 Å². The highest BCUT2D eigenvalue weighted by Gasteiger charge is 2.35. The van der Waals surface area contributed by atoms with Crippen molar-refractivity contribution in [3.05, 3.63) is 81.9 Å². The number of benzene rings is 2. The van der Waals surface area contributed by atoms with Crippen LogP contribution in [0.3, 0.4) is 0 Å². The lowest BCUT2D eigenvalue weighted by atomic mass is 10.0. The second-order valence-corrected chi connectivity index (χ2v) is 8.05. The molecule has 0 saturated carbocycles. The smallest absolute Gasteiger partial charge is 0.265 e. The van der Waals surface area contributed by atoms with E-state index in [9.17, 15) is 9.59 Å². The molecule has 30 heavy (non-hydrogen) atoms. The van der Waals surface area contributed by atoms with Gasteiger partial charge in [0.25, 0.3) is 11.8 Å². The Morgan fingerprint density at radius 3 is 2.33 bits per heavy atom. The zero-order valence-electron chi connectivity index (χ0n) is 16.7. The number of hydrogen-bond donors (Lipinski definition) is 0. The van der Waals surface area contributed by atoms with E-state index in [1.807, 2.05) is 42.5 Å². The van der Waals surface area contributed by atoms with Crippen molar-refractivity contribution >= 4 is 51.2 Å². The number of carbonyl (C=O) groups is 2. The third-order valence-electron chi connectivity index (χ3n) is 4.69. The average Bonchev–Trinajstić information content (AvgIpc) is 2.74. The lowest BCUT2D eigenvalue weighted by Crippen LogP contribution is -2.52. The fraction of sp³-hybridized carbons (Fsp3) is 0.174. The van der Waals surface area contributed by atoms with E-state index < -0.39 is 11.8 Å². The van der Waals surface area contributed by atoms with E-state index in [0.29, 0.717) is 24.3 Å². The number of nitrogens with zero attached hydrogens (tertiary/aromatic N) is 2. The highest BCUT2D eigenvalue weighted by atomic mass is 79.9. The van der Waals surface area contributed by atoms with Crippen molar-refractivity contribution in [3.8, 4) is 5.75 Å². The zero-order valence-corrected chi connectivity index (χ0v) is 19.1. The van der Waals surface area contributed by atoms with Gasteiger partial charge in [-0.3, -0.25) is 19.4 Å². The summed E-state index contributed by atoms with van der Waals surface area (Å²) >= 11 is 8.70. The minimum atomic E-state index is -0.422. The van der Waals surface area contributed by atoms with Gasteiger partial charge in [0.1, 0.15) is 17.9 Å². The summed E-state index contributed by atoms with van der Waals surface area (Å²) in [5.41, 5.74) is 2.72. The maximum Gasteiger partial charge on any atom is 0.265 e. The molecule has 0 aromatic heterocycles. The molecule has 2 amide bonds. The number of halogens is 1. The summed E-state index contributed by atoms with van der Waals surface area (Å²) in [5, 5.41) is 0.181. The summed E-state index contributed by atoms with van der Waals surface area (Å²) < 4.78 is 6.79. The minimum Gasteiger partial charge on any atom is -0.487 e. The average molecular weight is 485 g/mol. The van der Waals surface area contributed by atoms with Crippen LogP contribution in [0.4, 0.5) is 0 Å². The monoisotopic (exact) mass is 484 g/mol. The van der Waals surface area contributed by atoms with E-state index >= 15 is 0 Å². The highest BCUT2D eigenvalue weighted by Crippen LogP contribution is 2.33. The Kier molecular flexibility index (Phi) is 6.84. The third kappa shape index (κ3) is 4.52. The molecule has 2 aromatic rings. The molecule has 0 bridgehead atoms. The number of amides is 2. The van der Waals surface area contributed by atoms with Crippen LogP contribution >= 0.6 is 28.1 Å². The van der Waals surface area contributed by atoms with Gasteiger partial charge >= 0.3 is 0 Å². The van der Waals surface area contributed by atoms with Gasteiger partial charge in [-0.1, -0.05) is 36.4 Å². The summed E-state index contributed by atoms with van der Waals surface area (Å²) in [6.45, 7) is 4.25. The van der Waals surface area contributed by atoms with Crippen LogP contribution in [0.2, 0.25) is 0 Å². The van der Waals surface area contributed by atoms with Gasteiger partial charge in [-0.25, -0.2) is 0 Å². The van der Waals surface area contributed by atoms with Crippen LogP contribution < -0.4 is 4.74 Å². The van der Waals surface area contributed by atoms with Crippen LogP contribution in [0.15, 0.2) is 65.2 Å². The predicted molar refractivity (Wildman–Crippen MR) is 125 cm³/mol. The molecule has 0 unspecified atom stereocenters. The second-order valence-electron chi connectivity index (χ2n) is 6.83. The Morgan fingerprint density at radius 2 is 1.73 bits per heavy atom. The normalized spacial score (nSPS) is 14.2. The molecule has 1 saturated heterocycles. The molecule has 0 N–H and O–H groups in total.